The van der Waals surface area contributed by atoms with Crippen molar-refractivity contribution in [3.8, 4) is 0 Å². The van der Waals surface area contributed by atoms with Gasteiger partial charge < -0.3 is 0 Å². The predicted molar refractivity (Wildman–Crippen MR) is 72.6 cm³/mol. The maximum atomic E-state index is 7.58. The van der Waals surface area contributed by atoms with Gasteiger partial charge in [-0.3, -0.25) is 0 Å². The van der Waals surface area contributed by atoms with E-state index in [0.29, 0.717) is 4.88 Å². The van der Waals surface area contributed by atoms with Crippen molar-refractivity contribution >= 4 is 32.1 Å². The van der Waals surface area contributed by atoms with E-state index in [0.717, 1.165) is 15.0 Å². The predicted octanol–water partition coefficient (Wildman–Crippen LogP) is 5.19. The van der Waals surface area contributed by atoms with Gasteiger partial charge in [0.2, 0.25) is 0 Å². The number of hydrogen-bond donors (Lipinski definition) is 0. The molecule has 0 spiro atoms. The molecule has 2 rings (SSSR count). The summed E-state index contributed by atoms with van der Waals surface area (Å²) in [6, 6.07) is 0. The molecule has 2 aromatic heterocycles. The van der Waals surface area contributed by atoms with Crippen LogP contribution in [0.15, 0.2) is 0 Å². The zero-order valence-corrected chi connectivity index (χ0v) is 11.4. The van der Waals surface area contributed by atoms with Gasteiger partial charge in [-0.15, -0.1) is 22.7 Å². The lowest BCUT2D eigenvalue weighted by Gasteiger charge is -2.17. The Balaban J connectivity index is 2.73. The molecule has 0 atom stereocenters. The maximum absolute atomic E-state index is 7.58. The van der Waals surface area contributed by atoms with Crippen LogP contribution in [0.5, 0.6) is 0 Å². The maximum Gasteiger partial charge on any atom is 0.0488 e. The van der Waals surface area contributed by atoms with Gasteiger partial charge in [0.25, 0.3) is 0 Å². The van der Waals surface area contributed by atoms with Gasteiger partial charge in [-0.05, 0) is 37.2 Å². The van der Waals surface area contributed by atoms with E-state index in [4.69, 9.17) is 4.11 Å². The molecule has 0 saturated heterocycles. The zero-order chi connectivity index (χ0) is 13.9. The second-order valence-electron chi connectivity index (χ2n) is 5.02. The molecule has 0 aliphatic heterocycles. The van der Waals surface area contributed by atoms with Gasteiger partial charge in [-0.25, -0.2) is 0 Å². The first-order chi connectivity index (χ1) is 8.03. The molecule has 0 radical (unpaired) electrons. The Bertz CT molecular complexity index is 540. The average Bonchev–Trinajstić information content (AvgIpc) is 2.64. The molecule has 2 heteroatoms. The first-order valence-corrected chi connectivity index (χ1v) is 6.70. The van der Waals surface area contributed by atoms with Crippen LogP contribution in [-0.4, -0.2) is 0 Å². The highest BCUT2D eigenvalue weighted by Crippen LogP contribution is 2.44. The van der Waals surface area contributed by atoms with Gasteiger partial charge in [0.05, 0.1) is 0 Å². The van der Waals surface area contributed by atoms with E-state index in [1.165, 1.54) is 21.8 Å². The highest BCUT2D eigenvalue weighted by molar-refractivity contribution is 7.28. The molecule has 0 bridgehead atoms. The molecule has 0 fully saturated rings. The van der Waals surface area contributed by atoms with Crippen molar-refractivity contribution in [2.75, 3.05) is 0 Å². The van der Waals surface area contributed by atoms with Crippen molar-refractivity contribution in [3.05, 3.63) is 20.9 Å². The Hall–Kier alpha value is -0.340. The Morgan fingerprint density at radius 3 is 2.07 bits per heavy atom. The van der Waals surface area contributed by atoms with Crippen molar-refractivity contribution in [1.29, 1.82) is 0 Å². The summed E-state index contributed by atoms with van der Waals surface area (Å²) >= 11 is 3.20. The van der Waals surface area contributed by atoms with Gasteiger partial charge in [0.1, 0.15) is 0 Å². The molecule has 0 unspecified atom stereocenters. The quantitative estimate of drug-likeness (QED) is 0.596. The normalized spacial score (nSPS) is 16.5. The highest BCUT2D eigenvalue weighted by Gasteiger charge is 2.22. The van der Waals surface area contributed by atoms with E-state index < -0.39 is 6.85 Å². The Labute approximate surface area is 104 Å². The average molecular weight is 241 g/mol. The lowest BCUT2D eigenvalue weighted by Crippen LogP contribution is -2.09. The Kier molecular flexibility index (Phi) is 1.74. The first kappa shape index (κ1) is 7.86. The van der Waals surface area contributed by atoms with Crippen LogP contribution in [0.4, 0.5) is 0 Å². The summed E-state index contributed by atoms with van der Waals surface area (Å²) < 4.78 is 25.1. The van der Waals surface area contributed by atoms with E-state index in [2.05, 4.69) is 27.7 Å². The monoisotopic (exact) mass is 241 g/mol. The fourth-order valence-corrected chi connectivity index (χ4v) is 4.47. The molecule has 2 heterocycles. The summed E-state index contributed by atoms with van der Waals surface area (Å²) in [6.45, 7) is 8.67. The second-order valence-corrected chi connectivity index (χ2v) is 7.06. The van der Waals surface area contributed by atoms with Crippen LogP contribution < -0.4 is 0 Å². The number of fused-ring (bicyclic) bond motifs is 1. The van der Waals surface area contributed by atoms with E-state index in [1.54, 1.807) is 11.3 Å². The molecule has 0 nitrogen and oxygen atoms in total. The summed E-state index contributed by atoms with van der Waals surface area (Å²) in [7, 11) is 0. The van der Waals surface area contributed by atoms with Crippen LogP contribution in [0.1, 0.15) is 45.8 Å². The number of hydrogen-bond acceptors (Lipinski definition) is 2. The molecule has 0 aromatic carbocycles. The van der Waals surface area contributed by atoms with Gasteiger partial charge in [-0.2, -0.15) is 0 Å². The number of rotatable bonds is 0. The van der Waals surface area contributed by atoms with E-state index in [1.807, 2.05) is 6.92 Å². The molecule has 0 aliphatic rings. The van der Waals surface area contributed by atoms with Crippen LogP contribution in [-0.2, 0) is 5.41 Å². The van der Waals surface area contributed by atoms with E-state index in [9.17, 15) is 0 Å². The summed E-state index contributed by atoms with van der Waals surface area (Å²) in [5.74, 6) is 0. The molecule has 15 heavy (non-hydrogen) atoms. The number of aryl methyl sites for hydroxylation is 3. The fraction of sp³-hybridized carbons (Fsp3) is 0.538. The number of thiophene rings is 2. The minimum Gasteiger partial charge on any atom is -0.139 e. The first-order valence-electron chi connectivity index (χ1n) is 6.57. The lowest BCUT2D eigenvalue weighted by molar-refractivity contribution is 0.601. The summed E-state index contributed by atoms with van der Waals surface area (Å²) in [4.78, 5) is 1.91. The van der Waals surface area contributed by atoms with Gasteiger partial charge in [0, 0.05) is 23.3 Å². The van der Waals surface area contributed by atoms with Crippen LogP contribution >= 0.6 is 22.7 Å². The van der Waals surface area contributed by atoms with Crippen LogP contribution in [0.2, 0.25) is 0 Å². The van der Waals surface area contributed by atoms with Crippen molar-refractivity contribution in [1.82, 2.24) is 0 Å². The van der Waals surface area contributed by atoms with Gasteiger partial charge in [0.15, 0.2) is 0 Å². The fourth-order valence-electron chi connectivity index (χ4n) is 1.87. The van der Waals surface area contributed by atoms with Crippen LogP contribution in [0.25, 0.3) is 9.40 Å². The van der Waals surface area contributed by atoms with Crippen molar-refractivity contribution in [2.45, 2.75) is 46.9 Å². The Morgan fingerprint density at radius 2 is 1.60 bits per heavy atom. The van der Waals surface area contributed by atoms with E-state index in [-0.39, 0.29) is 5.41 Å². The summed E-state index contributed by atoms with van der Waals surface area (Å²) in [5.41, 5.74) is 2.32. The standard InChI is InChI=1S/C13H18S2/c1-7-9(3)14-11-8(2)12(13(4,5)6)15-10(7)11/h1-6H3/i3D3. The van der Waals surface area contributed by atoms with E-state index >= 15 is 0 Å². The van der Waals surface area contributed by atoms with Gasteiger partial charge >= 0.3 is 0 Å². The molecule has 0 aliphatic carbocycles. The van der Waals surface area contributed by atoms with Crippen LogP contribution in [0.3, 0.4) is 0 Å². The topological polar surface area (TPSA) is 0 Å². The SMILES string of the molecule is [2H]C([2H])([2H])c1sc2c(C)c(C(C)(C)C)sc2c1C. The Morgan fingerprint density at radius 1 is 1.00 bits per heavy atom. The smallest absolute Gasteiger partial charge is 0.0488 e. The molecular weight excluding hydrogens is 220 g/mol. The van der Waals surface area contributed by atoms with Crippen molar-refractivity contribution < 1.29 is 4.11 Å². The lowest BCUT2D eigenvalue weighted by atomic mass is 9.92. The third-order valence-electron chi connectivity index (χ3n) is 2.66. The molecule has 2 aromatic rings. The second kappa shape index (κ2) is 3.33. The minimum atomic E-state index is -1.98. The molecule has 0 N–H and O–H groups in total. The third kappa shape index (κ3) is 1.64. The minimum absolute atomic E-state index is 0.125. The summed E-state index contributed by atoms with van der Waals surface area (Å²) in [5, 5.41) is 0. The molecule has 82 valence electrons. The molecular formula is C13H18S2. The highest BCUT2D eigenvalue weighted by atomic mass is 32.1. The van der Waals surface area contributed by atoms with Gasteiger partial charge in [-0.1, -0.05) is 20.8 Å². The summed E-state index contributed by atoms with van der Waals surface area (Å²) in [6.07, 6.45) is 0. The van der Waals surface area contributed by atoms with Crippen molar-refractivity contribution in [3.63, 3.8) is 0 Å². The third-order valence-corrected chi connectivity index (χ3v) is 5.85. The van der Waals surface area contributed by atoms with Crippen LogP contribution in [0, 0.1) is 20.7 Å². The largest absolute Gasteiger partial charge is 0.139 e. The molecule has 0 amide bonds. The van der Waals surface area contributed by atoms with Crippen molar-refractivity contribution in [2.24, 2.45) is 0 Å². The molecule has 0 saturated carbocycles. The zero-order valence-electron chi connectivity index (χ0n) is 12.8.